The fraction of sp³-hybridized carbons (Fsp3) is 0.368. The van der Waals surface area contributed by atoms with Gasteiger partial charge in [0.2, 0.25) is 0 Å². The molecule has 0 saturated heterocycles. The first kappa shape index (κ1) is 17.8. The quantitative estimate of drug-likeness (QED) is 0.665. The minimum Gasteiger partial charge on any atom is -0.466 e. The van der Waals surface area contributed by atoms with Crippen LogP contribution in [0.2, 0.25) is 0 Å². The average molecular weight is 328 g/mol. The van der Waals surface area contributed by atoms with Gasteiger partial charge in [-0.15, -0.1) is 6.58 Å². The molecule has 5 nitrogen and oxygen atoms in total. The fourth-order valence-electron chi connectivity index (χ4n) is 2.83. The molecule has 1 aliphatic rings. The van der Waals surface area contributed by atoms with Crippen LogP contribution < -0.4 is 5.32 Å². The summed E-state index contributed by atoms with van der Waals surface area (Å²) in [6.07, 6.45) is 1.62. The molecule has 1 N–H and O–H groups in total. The maximum Gasteiger partial charge on any atom is 0.337 e. The van der Waals surface area contributed by atoms with E-state index in [1.165, 1.54) is 17.6 Å². The Kier molecular flexibility index (Phi) is 5.44. The number of carbonyl (C=O) groups excluding carboxylic acids is 2. The highest BCUT2D eigenvalue weighted by Crippen LogP contribution is 2.31. The topological polar surface area (TPSA) is 58.6 Å². The molecule has 128 valence electrons. The van der Waals surface area contributed by atoms with Crippen LogP contribution in [0.15, 0.2) is 48.2 Å². The van der Waals surface area contributed by atoms with E-state index in [4.69, 9.17) is 4.74 Å². The van der Waals surface area contributed by atoms with Gasteiger partial charge in [0, 0.05) is 12.2 Å². The summed E-state index contributed by atoms with van der Waals surface area (Å²) in [6.45, 7) is 9.98. The molecule has 1 atom stereocenters. The van der Waals surface area contributed by atoms with Crippen LogP contribution in [-0.4, -0.2) is 30.6 Å². The van der Waals surface area contributed by atoms with Gasteiger partial charge in [0.1, 0.15) is 0 Å². The lowest BCUT2D eigenvalue weighted by molar-refractivity contribution is -0.136. The molecular formula is C19H24N2O3. The first-order chi connectivity index (χ1) is 11.4. The molecule has 0 aliphatic carbocycles. The van der Waals surface area contributed by atoms with Crippen molar-refractivity contribution < 1.29 is 14.3 Å². The van der Waals surface area contributed by atoms with Crippen molar-refractivity contribution in [2.45, 2.75) is 32.7 Å². The molecule has 1 heterocycles. The average Bonchev–Trinajstić information content (AvgIpc) is 2.57. The highest BCUT2D eigenvalue weighted by atomic mass is 16.5. The summed E-state index contributed by atoms with van der Waals surface area (Å²) in [7, 11) is 1.34. The largest absolute Gasteiger partial charge is 0.466 e. The van der Waals surface area contributed by atoms with Crippen LogP contribution in [0.1, 0.15) is 43.9 Å². The van der Waals surface area contributed by atoms with Gasteiger partial charge >= 0.3 is 12.0 Å². The van der Waals surface area contributed by atoms with E-state index < -0.39 is 12.0 Å². The molecule has 2 rings (SSSR count). The zero-order chi connectivity index (χ0) is 17.9. The lowest BCUT2D eigenvalue weighted by atomic mass is 9.92. The van der Waals surface area contributed by atoms with Gasteiger partial charge in [0.25, 0.3) is 0 Å². The normalized spacial score (nSPS) is 17.8. The van der Waals surface area contributed by atoms with Gasteiger partial charge < -0.3 is 10.1 Å². The molecule has 2 amide bonds. The van der Waals surface area contributed by atoms with Gasteiger partial charge in [-0.1, -0.05) is 44.2 Å². The van der Waals surface area contributed by atoms with E-state index in [9.17, 15) is 9.59 Å². The number of methoxy groups -OCH3 is 1. The number of ether oxygens (including phenoxy) is 1. The summed E-state index contributed by atoms with van der Waals surface area (Å²) in [4.78, 5) is 26.2. The molecular weight excluding hydrogens is 304 g/mol. The third kappa shape index (κ3) is 3.35. The molecule has 0 bridgehead atoms. The van der Waals surface area contributed by atoms with Crippen molar-refractivity contribution in [2.75, 3.05) is 13.7 Å². The predicted molar refractivity (Wildman–Crippen MR) is 93.4 cm³/mol. The van der Waals surface area contributed by atoms with Crippen LogP contribution in [-0.2, 0) is 9.53 Å². The number of hydrogen-bond acceptors (Lipinski definition) is 3. The van der Waals surface area contributed by atoms with Gasteiger partial charge in [-0.05, 0) is 24.0 Å². The number of nitrogens with zero attached hydrogens (tertiary/aromatic N) is 1. The van der Waals surface area contributed by atoms with Gasteiger partial charge in [-0.2, -0.15) is 0 Å². The summed E-state index contributed by atoms with van der Waals surface area (Å²) in [6, 6.07) is 7.16. The third-order valence-corrected chi connectivity index (χ3v) is 4.25. The Morgan fingerprint density at radius 2 is 2.00 bits per heavy atom. The van der Waals surface area contributed by atoms with Gasteiger partial charge in [0.05, 0.1) is 18.7 Å². The number of amides is 2. The van der Waals surface area contributed by atoms with Crippen molar-refractivity contribution in [3.05, 3.63) is 59.3 Å². The molecule has 0 saturated carbocycles. The molecule has 1 aromatic rings. The van der Waals surface area contributed by atoms with E-state index >= 15 is 0 Å². The number of hydrogen-bond donors (Lipinski definition) is 1. The van der Waals surface area contributed by atoms with Crippen LogP contribution in [0, 0.1) is 0 Å². The number of carbonyl (C=O) groups is 2. The van der Waals surface area contributed by atoms with Gasteiger partial charge in [-0.25, -0.2) is 9.59 Å². The molecule has 5 heteroatoms. The third-order valence-electron chi connectivity index (χ3n) is 4.25. The van der Waals surface area contributed by atoms with Crippen molar-refractivity contribution in [3.63, 3.8) is 0 Å². The minimum atomic E-state index is -0.521. The molecule has 0 aromatic heterocycles. The summed E-state index contributed by atoms with van der Waals surface area (Å²) in [5.74, 6) is -0.0278. The van der Waals surface area contributed by atoms with Crippen molar-refractivity contribution in [3.8, 4) is 0 Å². The summed E-state index contributed by atoms with van der Waals surface area (Å²) in [5.41, 5.74) is 3.08. The van der Waals surface area contributed by atoms with Crippen LogP contribution >= 0.6 is 0 Å². The maximum absolute atomic E-state index is 12.4. The molecule has 0 fully saturated rings. The second kappa shape index (κ2) is 7.34. The predicted octanol–water partition coefficient (Wildman–Crippen LogP) is 3.51. The molecule has 0 spiro atoms. The number of nitrogens with one attached hydrogen (secondary N) is 1. The van der Waals surface area contributed by atoms with Crippen LogP contribution in [0.5, 0.6) is 0 Å². The van der Waals surface area contributed by atoms with Gasteiger partial charge in [0.15, 0.2) is 0 Å². The van der Waals surface area contributed by atoms with E-state index in [2.05, 4.69) is 25.7 Å². The summed E-state index contributed by atoms with van der Waals surface area (Å²) in [5, 5.41) is 2.89. The number of esters is 1. The van der Waals surface area contributed by atoms with E-state index in [0.29, 0.717) is 23.7 Å². The van der Waals surface area contributed by atoms with Crippen molar-refractivity contribution in [1.82, 2.24) is 10.2 Å². The van der Waals surface area contributed by atoms with Crippen LogP contribution in [0.25, 0.3) is 0 Å². The Hall–Kier alpha value is -2.56. The maximum atomic E-state index is 12.4. The molecule has 1 aliphatic heterocycles. The van der Waals surface area contributed by atoms with E-state index in [1.807, 2.05) is 24.3 Å². The highest BCUT2D eigenvalue weighted by molar-refractivity contribution is 5.95. The molecule has 24 heavy (non-hydrogen) atoms. The Morgan fingerprint density at radius 3 is 2.50 bits per heavy atom. The summed E-state index contributed by atoms with van der Waals surface area (Å²) >= 11 is 0. The fourth-order valence-corrected chi connectivity index (χ4v) is 2.83. The Morgan fingerprint density at radius 1 is 1.38 bits per heavy atom. The first-order valence-electron chi connectivity index (χ1n) is 7.98. The zero-order valence-electron chi connectivity index (χ0n) is 14.6. The van der Waals surface area contributed by atoms with Gasteiger partial charge in [-0.3, -0.25) is 4.90 Å². The smallest absolute Gasteiger partial charge is 0.337 e. The summed E-state index contributed by atoms with van der Waals surface area (Å²) < 4.78 is 4.93. The first-order valence-corrected chi connectivity index (χ1v) is 7.98. The highest BCUT2D eigenvalue weighted by Gasteiger charge is 2.35. The Bertz CT molecular complexity index is 674. The number of rotatable bonds is 5. The van der Waals surface area contributed by atoms with Crippen molar-refractivity contribution in [1.29, 1.82) is 0 Å². The van der Waals surface area contributed by atoms with Crippen molar-refractivity contribution in [2.24, 2.45) is 0 Å². The minimum absolute atomic E-state index is 0.252. The van der Waals surface area contributed by atoms with Crippen LogP contribution in [0.3, 0.4) is 0 Å². The van der Waals surface area contributed by atoms with E-state index in [-0.39, 0.29) is 6.03 Å². The molecule has 0 radical (unpaired) electrons. The Balaban J connectivity index is 2.48. The van der Waals surface area contributed by atoms with E-state index in [0.717, 1.165) is 5.56 Å². The second-order valence-electron chi connectivity index (χ2n) is 6.09. The monoisotopic (exact) mass is 328 g/mol. The standard InChI is InChI=1S/C19H24N2O3/c1-6-11-21-13(4)16(18(22)24-5)17(20-19(21)23)15-9-7-14(8-10-15)12(2)3/h6-10,12,17H,1,11H2,2-5H3,(H,20,23). The van der Waals surface area contributed by atoms with Crippen LogP contribution in [0.4, 0.5) is 4.79 Å². The second-order valence-corrected chi connectivity index (χ2v) is 6.09. The number of allylic oxidation sites excluding steroid dienone is 1. The Labute approximate surface area is 143 Å². The molecule has 1 unspecified atom stereocenters. The SMILES string of the molecule is C=CCN1C(=O)NC(c2ccc(C(C)C)cc2)C(C(=O)OC)=C1C. The molecule has 1 aromatic carbocycles. The van der Waals surface area contributed by atoms with E-state index in [1.54, 1.807) is 13.0 Å². The zero-order valence-corrected chi connectivity index (χ0v) is 14.6. The number of urea groups is 1. The number of benzene rings is 1. The lowest BCUT2D eigenvalue weighted by Crippen LogP contribution is -2.47. The lowest BCUT2D eigenvalue weighted by Gasteiger charge is -2.34. The van der Waals surface area contributed by atoms with Crippen molar-refractivity contribution >= 4 is 12.0 Å².